The molecule has 2 aliphatic rings. The van der Waals surface area contributed by atoms with Crippen LogP contribution >= 0.6 is 11.8 Å². The standard InChI is InChI=1S/C23H24N4O7S2/c1-23(2)17(22(31)32)27-20(30)16(21(27)35-23)24-19(29)15(13-9-5-3-6-10-13)25-36(33,34)26-18(28)14-11-7-4-8-12-14/h3-12,15-17,21,25H,1-2H3,(H,24,29)(H,26,28)(H,31,32)/t15?,16-,17+,21-/m1/s1. The number of hydrogen-bond acceptors (Lipinski definition) is 7. The van der Waals surface area contributed by atoms with Gasteiger partial charge in [-0.1, -0.05) is 48.5 Å². The van der Waals surface area contributed by atoms with E-state index in [0.717, 1.165) is 0 Å². The molecule has 2 fully saturated rings. The third kappa shape index (κ3) is 4.94. The molecule has 4 N–H and O–H groups in total. The number of β-lactam (4-membered cyclic amide) rings is 1. The topological polar surface area (TPSA) is 162 Å². The number of fused-ring (bicyclic) bond motifs is 1. The summed E-state index contributed by atoms with van der Waals surface area (Å²) in [7, 11) is -4.50. The maximum atomic E-state index is 13.2. The van der Waals surface area contributed by atoms with E-state index in [-0.39, 0.29) is 11.1 Å². The Kier molecular flexibility index (Phi) is 6.82. The Morgan fingerprint density at radius 2 is 1.61 bits per heavy atom. The van der Waals surface area contributed by atoms with Crippen molar-refractivity contribution in [2.75, 3.05) is 0 Å². The van der Waals surface area contributed by atoms with E-state index in [1.54, 1.807) is 50.2 Å². The van der Waals surface area contributed by atoms with Crippen LogP contribution in [0.4, 0.5) is 0 Å². The minimum atomic E-state index is -4.50. The summed E-state index contributed by atoms with van der Waals surface area (Å²) in [6.45, 7) is 3.41. The normalized spacial score (nSPS) is 23.2. The minimum absolute atomic E-state index is 0.109. The second kappa shape index (κ2) is 9.56. The van der Waals surface area contributed by atoms with Crippen molar-refractivity contribution in [3.8, 4) is 0 Å². The van der Waals surface area contributed by atoms with Crippen LogP contribution in [-0.4, -0.2) is 64.3 Å². The number of aliphatic carboxylic acids is 1. The zero-order chi connectivity index (χ0) is 26.3. The van der Waals surface area contributed by atoms with Gasteiger partial charge in [-0.3, -0.25) is 14.4 Å². The van der Waals surface area contributed by atoms with Crippen LogP contribution in [0.25, 0.3) is 0 Å². The van der Waals surface area contributed by atoms with E-state index >= 15 is 0 Å². The first-order chi connectivity index (χ1) is 16.9. The molecule has 2 saturated heterocycles. The van der Waals surface area contributed by atoms with Crippen molar-refractivity contribution in [3.63, 3.8) is 0 Å². The fourth-order valence-electron chi connectivity index (χ4n) is 4.26. The van der Waals surface area contributed by atoms with Crippen LogP contribution in [0.3, 0.4) is 0 Å². The van der Waals surface area contributed by atoms with Crippen molar-refractivity contribution >= 4 is 45.7 Å². The van der Waals surface area contributed by atoms with Gasteiger partial charge in [-0.25, -0.2) is 9.52 Å². The molecule has 1 unspecified atom stereocenters. The number of carboxylic acid groups (broad SMARTS) is 1. The summed E-state index contributed by atoms with van der Waals surface area (Å²) in [5.41, 5.74) is 0.386. The highest BCUT2D eigenvalue weighted by atomic mass is 32.2. The maximum absolute atomic E-state index is 13.2. The zero-order valence-electron chi connectivity index (χ0n) is 19.2. The molecule has 3 amide bonds. The van der Waals surface area contributed by atoms with Gasteiger partial charge in [0.1, 0.15) is 23.5 Å². The van der Waals surface area contributed by atoms with Crippen molar-refractivity contribution < 1.29 is 32.7 Å². The Morgan fingerprint density at radius 3 is 2.19 bits per heavy atom. The quantitative estimate of drug-likeness (QED) is 0.360. The maximum Gasteiger partial charge on any atom is 0.327 e. The SMILES string of the molecule is CC1(C)S[C@@H]2[C@H](NC(=O)C(NS(=O)(=O)NC(=O)c3ccccc3)c3ccccc3)C(=O)N2[C@H]1C(=O)O. The molecule has 0 saturated carbocycles. The molecule has 4 rings (SSSR count). The Labute approximate surface area is 211 Å². The molecular weight excluding hydrogens is 508 g/mol. The number of hydrogen-bond donors (Lipinski definition) is 4. The Bertz CT molecular complexity index is 1300. The molecule has 4 atom stereocenters. The number of benzene rings is 2. The number of carbonyl (C=O) groups excluding carboxylic acids is 3. The van der Waals surface area contributed by atoms with Gasteiger partial charge in [0.05, 0.1) is 0 Å². The molecule has 0 spiro atoms. The minimum Gasteiger partial charge on any atom is -0.480 e. The number of nitrogens with one attached hydrogen (secondary N) is 3. The summed E-state index contributed by atoms with van der Waals surface area (Å²) in [6.07, 6.45) is 0. The number of thioether (sulfide) groups is 1. The highest BCUT2D eigenvalue weighted by Crippen LogP contribution is 2.50. The van der Waals surface area contributed by atoms with Crippen molar-refractivity contribution in [2.45, 2.75) is 42.1 Å². The monoisotopic (exact) mass is 532 g/mol. The van der Waals surface area contributed by atoms with Gasteiger partial charge in [0.15, 0.2) is 0 Å². The summed E-state index contributed by atoms with van der Waals surface area (Å²) < 4.78 is 28.8. The van der Waals surface area contributed by atoms with Gasteiger partial charge in [0, 0.05) is 10.3 Å². The summed E-state index contributed by atoms with van der Waals surface area (Å²) in [5.74, 6) is -3.42. The molecule has 2 aliphatic heterocycles. The van der Waals surface area contributed by atoms with Crippen molar-refractivity contribution in [1.29, 1.82) is 0 Å². The van der Waals surface area contributed by atoms with E-state index in [1.165, 1.54) is 40.9 Å². The van der Waals surface area contributed by atoms with E-state index in [1.807, 2.05) is 4.72 Å². The van der Waals surface area contributed by atoms with E-state index in [9.17, 15) is 32.7 Å². The van der Waals surface area contributed by atoms with E-state index < -0.39 is 62.1 Å². The smallest absolute Gasteiger partial charge is 0.327 e. The molecule has 0 bridgehead atoms. The Balaban J connectivity index is 1.52. The third-order valence-electron chi connectivity index (χ3n) is 5.90. The van der Waals surface area contributed by atoms with Gasteiger partial charge in [-0.15, -0.1) is 11.8 Å². The first-order valence-corrected chi connectivity index (χ1v) is 13.2. The van der Waals surface area contributed by atoms with Crippen molar-refractivity contribution in [3.05, 3.63) is 71.8 Å². The molecule has 190 valence electrons. The number of amides is 3. The fourth-order valence-corrected chi connectivity index (χ4v) is 6.86. The zero-order valence-corrected chi connectivity index (χ0v) is 20.9. The highest BCUT2D eigenvalue weighted by molar-refractivity contribution is 8.01. The predicted octanol–water partition coefficient (Wildman–Crippen LogP) is 0.624. The lowest BCUT2D eigenvalue weighted by Crippen LogP contribution is -2.71. The second-order valence-electron chi connectivity index (χ2n) is 8.85. The molecule has 36 heavy (non-hydrogen) atoms. The fraction of sp³-hybridized carbons (Fsp3) is 0.304. The molecule has 2 aromatic rings. The van der Waals surface area contributed by atoms with Gasteiger partial charge < -0.3 is 15.3 Å². The lowest BCUT2D eigenvalue weighted by Gasteiger charge is -2.44. The Morgan fingerprint density at radius 1 is 1.03 bits per heavy atom. The lowest BCUT2D eigenvalue weighted by molar-refractivity contribution is -0.161. The highest BCUT2D eigenvalue weighted by Gasteiger charge is 2.64. The van der Waals surface area contributed by atoms with Gasteiger partial charge >= 0.3 is 16.2 Å². The number of rotatable bonds is 8. The van der Waals surface area contributed by atoms with Gasteiger partial charge in [-0.05, 0) is 31.5 Å². The average Bonchev–Trinajstić information content (AvgIpc) is 3.09. The largest absolute Gasteiger partial charge is 0.480 e. The van der Waals surface area contributed by atoms with E-state index in [0.29, 0.717) is 0 Å². The summed E-state index contributed by atoms with van der Waals surface area (Å²) in [5, 5.41) is 11.5. The van der Waals surface area contributed by atoms with E-state index in [4.69, 9.17) is 0 Å². The third-order valence-corrected chi connectivity index (χ3v) is 8.48. The van der Waals surface area contributed by atoms with E-state index in [2.05, 4.69) is 10.0 Å². The predicted molar refractivity (Wildman–Crippen MR) is 131 cm³/mol. The number of carbonyl (C=O) groups is 4. The van der Waals surface area contributed by atoms with Gasteiger partial charge in [-0.2, -0.15) is 13.1 Å². The summed E-state index contributed by atoms with van der Waals surface area (Å²) in [4.78, 5) is 51.3. The molecule has 2 heterocycles. The number of carboxylic acids is 1. The molecule has 2 aromatic carbocycles. The van der Waals surface area contributed by atoms with Gasteiger partial charge in [0.25, 0.3) is 5.91 Å². The molecule has 13 heteroatoms. The van der Waals surface area contributed by atoms with Crippen LogP contribution in [0.2, 0.25) is 0 Å². The molecular formula is C23H24N4O7S2. The average molecular weight is 533 g/mol. The first-order valence-electron chi connectivity index (χ1n) is 10.9. The number of nitrogens with zero attached hydrogens (tertiary/aromatic N) is 1. The Hall–Kier alpha value is -3.42. The summed E-state index contributed by atoms with van der Waals surface area (Å²) in [6, 6.07) is 12.1. The lowest BCUT2D eigenvalue weighted by atomic mass is 9.95. The van der Waals surface area contributed by atoms with Crippen LogP contribution in [0.1, 0.15) is 35.8 Å². The first kappa shape index (κ1) is 25.7. The van der Waals surface area contributed by atoms with Crippen LogP contribution in [-0.2, 0) is 24.6 Å². The van der Waals surface area contributed by atoms with Crippen molar-refractivity contribution in [1.82, 2.24) is 19.7 Å². The molecule has 11 nitrogen and oxygen atoms in total. The molecule has 0 aliphatic carbocycles. The van der Waals surface area contributed by atoms with Crippen LogP contribution < -0.4 is 14.8 Å². The van der Waals surface area contributed by atoms with Crippen LogP contribution in [0, 0.1) is 0 Å². The van der Waals surface area contributed by atoms with Crippen LogP contribution in [0.5, 0.6) is 0 Å². The molecule has 0 aromatic heterocycles. The van der Waals surface area contributed by atoms with Crippen molar-refractivity contribution in [2.24, 2.45) is 0 Å². The second-order valence-corrected chi connectivity index (χ2v) is 12.1. The van der Waals surface area contributed by atoms with Gasteiger partial charge in [0.2, 0.25) is 11.8 Å². The molecule has 0 radical (unpaired) electrons. The summed E-state index contributed by atoms with van der Waals surface area (Å²) >= 11 is 1.25. The van der Waals surface area contributed by atoms with Crippen LogP contribution in [0.15, 0.2) is 60.7 Å².